The molecule has 9 rings (SSSR count). The first-order valence-electron chi connectivity index (χ1n) is 18.9. The van der Waals surface area contributed by atoms with Crippen molar-refractivity contribution in [3.05, 3.63) is 88.4 Å². The number of anilines is 5. The Morgan fingerprint density at radius 2 is 1.76 bits per heavy atom. The molecule has 3 N–H and O–H groups in total. The van der Waals surface area contributed by atoms with Gasteiger partial charge in [0.2, 0.25) is 29.5 Å². The Morgan fingerprint density at radius 1 is 0.927 bits per heavy atom. The summed E-state index contributed by atoms with van der Waals surface area (Å²) in [7, 11) is 0. The molecule has 5 aliphatic rings. The molecule has 1 unspecified atom stereocenters. The fourth-order valence-electron chi connectivity index (χ4n) is 8.28. The Hall–Kier alpha value is -6.25. The molecule has 2 aromatic heterocycles. The molecule has 2 aromatic carbocycles. The molecule has 2 fully saturated rings. The van der Waals surface area contributed by atoms with Crippen LogP contribution in [0.4, 0.5) is 28.7 Å². The summed E-state index contributed by atoms with van der Waals surface area (Å²) in [4.78, 5) is 72.9. The fourth-order valence-corrected chi connectivity index (χ4v) is 8.28. The minimum Gasteiger partial charge on any atom is -0.474 e. The largest absolute Gasteiger partial charge is 0.474 e. The fraction of sp³-hybridized carbons (Fsp3) is 0.375. The summed E-state index contributed by atoms with van der Waals surface area (Å²) in [6.07, 6.45) is 5.47. The summed E-state index contributed by atoms with van der Waals surface area (Å²) in [5.74, 6) is 0.330. The van der Waals surface area contributed by atoms with Crippen molar-refractivity contribution in [2.75, 3.05) is 66.3 Å². The second kappa shape index (κ2) is 14.2. The highest BCUT2D eigenvalue weighted by molar-refractivity contribution is 6.06. The van der Waals surface area contributed by atoms with Gasteiger partial charge in [0.05, 0.1) is 30.5 Å². The Bertz CT molecular complexity index is 2200. The number of carbonyl (C=O) groups is 4. The third kappa shape index (κ3) is 6.63. The van der Waals surface area contributed by atoms with Crippen molar-refractivity contribution in [2.24, 2.45) is 0 Å². The van der Waals surface area contributed by atoms with Crippen molar-refractivity contribution in [3.63, 3.8) is 0 Å². The first kappa shape index (κ1) is 34.5. The van der Waals surface area contributed by atoms with Gasteiger partial charge in [-0.25, -0.2) is 15.0 Å². The van der Waals surface area contributed by atoms with E-state index in [9.17, 15) is 19.2 Å². The highest BCUT2D eigenvalue weighted by atomic mass is 16.5. The maximum Gasteiger partial charge on any atom is 0.255 e. The minimum atomic E-state index is -0.656. The molecule has 0 saturated carbocycles. The lowest BCUT2D eigenvalue weighted by Gasteiger charge is -2.37. The van der Waals surface area contributed by atoms with Crippen molar-refractivity contribution in [1.29, 1.82) is 0 Å². The van der Waals surface area contributed by atoms with E-state index in [-0.39, 0.29) is 24.1 Å². The van der Waals surface area contributed by atoms with Crippen LogP contribution in [0, 0.1) is 6.92 Å². The molecule has 55 heavy (non-hydrogen) atoms. The molecule has 4 amide bonds. The average Bonchev–Trinajstić information content (AvgIpc) is 3.54. The van der Waals surface area contributed by atoms with E-state index in [1.807, 2.05) is 53.7 Å². The monoisotopic (exact) mass is 742 g/mol. The number of aromatic nitrogens is 3. The van der Waals surface area contributed by atoms with E-state index in [4.69, 9.17) is 9.72 Å². The van der Waals surface area contributed by atoms with Gasteiger partial charge in [-0.15, -0.1) is 0 Å². The Morgan fingerprint density at radius 3 is 2.58 bits per heavy atom. The van der Waals surface area contributed by atoms with Crippen LogP contribution in [-0.4, -0.2) is 100 Å². The maximum absolute atomic E-state index is 13.4. The van der Waals surface area contributed by atoms with Crippen molar-refractivity contribution in [3.8, 4) is 5.88 Å². The molecular formula is C40H42N10O5. The van der Waals surface area contributed by atoms with E-state index in [1.54, 1.807) is 11.0 Å². The average molecular weight is 743 g/mol. The number of rotatable bonds is 7. The van der Waals surface area contributed by atoms with Gasteiger partial charge >= 0.3 is 0 Å². The first-order valence-corrected chi connectivity index (χ1v) is 18.9. The summed E-state index contributed by atoms with van der Waals surface area (Å²) in [6.45, 7) is 7.69. The van der Waals surface area contributed by atoms with Crippen LogP contribution < -0.4 is 30.5 Å². The molecule has 0 radical (unpaired) electrons. The third-order valence-corrected chi connectivity index (χ3v) is 11.3. The number of piperidine rings is 1. The van der Waals surface area contributed by atoms with Gasteiger partial charge in [0, 0.05) is 86.5 Å². The number of piperazine rings is 1. The van der Waals surface area contributed by atoms with Gasteiger partial charge in [-0.3, -0.25) is 24.5 Å². The Labute approximate surface area is 318 Å². The molecule has 282 valence electrons. The van der Waals surface area contributed by atoms with Crippen LogP contribution in [0.25, 0.3) is 0 Å². The van der Waals surface area contributed by atoms with Gasteiger partial charge in [-0.1, -0.05) is 18.2 Å². The van der Waals surface area contributed by atoms with Crippen molar-refractivity contribution in [1.82, 2.24) is 30.1 Å². The second-order valence-corrected chi connectivity index (χ2v) is 14.6. The molecule has 0 spiro atoms. The normalized spacial score (nSPS) is 19.2. The standard InChI is InChI=1S/C40H42N10O5/c1-24-33(21-42-38-36(24)41-12-18-55-38)49-13-11-26-20-43-40(45-30(26)23-49)44-27-7-5-25(6-8-27)19-35(52)48-16-14-47(15-17-48)31-4-2-3-28-29(31)22-50(39(28)54)32-9-10-34(51)46-37(32)53/h2-8,20-21,32,41H,9-19,22-23H2,1H3,(H,43,44,45)(H,46,51,53). The lowest BCUT2D eigenvalue weighted by molar-refractivity contribution is -0.137. The van der Waals surface area contributed by atoms with Gasteiger partial charge in [-0.2, -0.15) is 0 Å². The molecule has 15 heteroatoms. The highest BCUT2D eigenvalue weighted by Gasteiger charge is 2.40. The van der Waals surface area contributed by atoms with Gasteiger partial charge < -0.3 is 35.0 Å². The molecule has 15 nitrogen and oxygen atoms in total. The molecule has 7 heterocycles. The van der Waals surface area contributed by atoms with Crippen LogP contribution in [-0.2, 0) is 40.3 Å². The van der Waals surface area contributed by atoms with Crippen LogP contribution >= 0.6 is 0 Å². The van der Waals surface area contributed by atoms with Crippen LogP contribution in [0.3, 0.4) is 0 Å². The molecule has 5 aliphatic heterocycles. The van der Waals surface area contributed by atoms with E-state index in [0.717, 1.165) is 70.2 Å². The Kier molecular flexibility index (Phi) is 8.91. The number of hydrogen-bond donors (Lipinski definition) is 3. The lowest BCUT2D eigenvalue weighted by Crippen LogP contribution is -2.52. The van der Waals surface area contributed by atoms with Crippen molar-refractivity contribution in [2.45, 2.75) is 51.7 Å². The van der Waals surface area contributed by atoms with Gasteiger partial charge in [0.25, 0.3) is 5.91 Å². The van der Waals surface area contributed by atoms with Crippen molar-refractivity contribution >= 4 is 52.3 Å². The number of fused-ring (bicyclic) bond motifs is 3. The number of pyridine rings is 1. The topological polar surface area (TPSA) is 165 Å². The summed E-state index contributed by atoms with van der Waals surface area (Å²) in [6, 6.07) is 12.8. The SMILES string of the molecule is Cc1c(N2CCc3cnc(Nc4ccc(CC(=O)N5CCN(c6cccc7c6CN(C6CCC(=O)NC6=O)C7=O)CC5)cc4)nc3C2)cnc2c1NCCO2. The second-order valence-electron chi connectivity index (χ2n) is 14.6. The zero-order valence-electron chi connectivity index (χ0n) is 30.6. The molecule has 1 atom stereocenters. The summed E-state index contributed by atoms with van der Waals surface area (Å²) >= 11 is 0. The maximum atomic E-state index is 13.4. The van der Waals surface area contributed by atoms with Crippen LogP contribution in [0.5, 0.6) is 5.88 Å². The number of amides is 4. The quantitative estimate of drug-likeness (QED) is 0.238. The van der Waals surface area contributed by atoms with Crippen LogP contribution in [0.2, 0.25) is 0 Å². The zero-order chi connectivity index (χ0) is 37.6. The number of carbonyl (C=O) groups excluding carboxylic acids is 4. The number of hydrogen-bond acceptors (Lipinski definition) is 12. The molecular weight excluding hydrogens is 701 g/mol. The van der Waals surface area contributed by atoms with E-state index in [1.165, 1.54) is 0 Å². The van der Waals surface area contributed by atoms with E-state index < -0.39 is 11.9 Å². The minimum absolute atomic E-state index is 0.0631. The first-order chi connectivity index (χ1) is 26.8. The molecule has 2 saturated heterocycles. The molecule has 0 bridgehead atoms. The summed E-state index contributed by atoms with van der Waals surface area (Å²) in [5.41, 5.74) is 9.45. The predicted octanol–water partition coefficient (Wildman–Crippen LogP) is 2.94. The smallest absolute Gasteiger partial charge is 0.255 e. The van der Waals surface area contributed by atoms with Gasteiger partial charge in [0.1, 0.15) is 18.3 Å². The van der Waals surface area contributed by atoms with E-state index >= 15 is 0 Å². The number of nitrogens with zero attached hydrogens (tertiary/aromatic N) is 7. The molecule has 0 aliphatic carbocycles. The van der Waals surface area contributed by atoms with Crippen molar-refractivity contribution < 1.29 is 23.9 Å². The number of imide groups is 1. The lowest BCUT2D eigenvalue weighted by atomic mass is 10.0. The zero-order valence-corrected chi connectivity index (χ0v) is 30.6. The van der Waals surface area contributed by atoms with Crippen LogP contribution in [0.15, 0.2) is 54.9 Å². The summed E-state index contributed by atoms with van der Waals surface area (Å²) in [5, 5.41) is 9.12. The summed E-state index contributed by atoms with van der Waals surface area (Å²) < 4.78 is 5.72. The number of benzene rings is 2. The number of nitrogens with one attached hydrogen (secondary N) is 3. The van der Waals surface area contributed by atoms with E-state index in [0.29, 0.717) is 76.1 Å². The van der Waals surface area contributed by atoms with Gasteiger partial charge in [-0.05, 0) is 55.2 Å². The van der Waals surface area contributed by atoms with Crippen LogP contribution in [0.1, 0.15) is 51.1 Å². The van der Waals surface area contributed by atoms with Gasteiger partial charge in [0.15, 0.2) is 0 Å². The third-order valence-electron chi connectivity index (χ3n) is 11.3. The predicted molar refractivity (Wildman–Crippen MR) is 204 cm³/mol. The number of ether oxygens (including phenoxy) is 1. The van der Waals surface area contributed by atoms with E-state index in [2.05, 4.69) is 42.6 Å². The molecule has 4 aromatic rings. The highest BCUT2D eigenvalue weighted by Crippen LogP contribution is 2.37. The Balaban J connectivity index is 0.790.